The third-order valence-corrected chi connectivity index (χ3v) is 4.68. The van der Waals surface area contributed by atoms with Crippen molar-refractivity contribution < 1.29 is 0 Å². The monoisotopic (exact) mass is 288 g/mol. The molecule has 84 valence electrons. The highest BCUT2D eigenvalue weighted by Crippen LogP contribution is 2.25. The molecular weight excluding hydrogens is 272 g/mol. The summed E-state index contributed by atoms with van der Waals surface area (Å²) in [5.41, 5.74) is 7.33. The van der Waals surface area contributed by atoms with Crippen LogP contribution in [-0.4, -0.2) is 24.0 Å². The Morgan fingerprint density at radius 2 is 2.40 bits per heavy atom. The zero-order chi connectivity index (χ0) is 10.8. The summed E-state index contributed by atoms with van der Waals surface area (Å²) >= 11 is 5.25. The number of hydrogen-bond donors (Lipinski definition) is 1. The zero-order valence-corrected chi connectivity index (χ0v) is 11.4. The van der Waals surface area contributed by atoms with Gasteiger partial charge in [0.25, 0.3) is 0 Å². The number of hydrogen-bond acceptors (Lipinski definition) is 3. The lowest BCUT2D eigenvalue weighted by atomic mass is 10.2. The van der Waals surface area contributed by atoms with Gasteiger partial charge in [0.1, 0.15) is 0 Å². The molecule has 1 fully saturated rings. The van der Waals surface area contributed by atoms with Crippen LogP contribution in [0.15, 0.2) is 15.2 Å². The molecule has 0 radical (unpaired) electrons. The van der Waals surface area contributed by atoms with Gasteiger partial charge < -0.3 is 5.73 Å². The summed E-state index contributed by atoms with van der Waals surface area (Å²) in [6.07, 6.45) is 3.59. The van der Waals surface area contributed by atoms with Crippen molar-refractivity contribution in [3.63, 3.8) is 0 Å². The third kappa shape index (κ3) is 3.03. The molecule has 0 bridgehead atoms. The smallest absolute Gasteiger partial charge is 0.0701 e. The van der Waals surface area contributed by atoms with Crippen LogP contribution in [0.1, 0.15) is 24.8 Å². The van der Waals surface area contributed by atoms with Crippen LogP contribution in [0.4, 0.5) is 0 Å². The molecule has 1 saturated carbocycles. The molecule has 2 nitrogen and oxygen atoms in total. The third-order valence-electron chi connectivity index (χ3n) is 3.12. The Balaban J connectivity index is 1.89. The van der Waals surface area contributed by atoms with Crippen molar-refractivity contribution in [2.24, 2.45) is 5.73 Å². The van der Waals surface area contributed by atoms with Crippen LogP contribution >= 0.6 is 27.3 Å². The fraction of sp³-hybridized carbons (Fsp3) is 0.636. The van der Waals surface area contributed by atoms with Gasteiger partial charge in [-0.1, -0.05) is 0 Å². The molecule has 2 unspecified atom stereocenters. The quantitative estimate of drug-likeness (QED) is 0.927. The Morgan fingerprint density at radius 3 is 2.93 bits per heavy atom. The van der Waals surface area contributed by atoms with Gasteiger partial charge in [-0.3, -0.25) is 4.90 Å². The first kappa shape index (κ1) is 11.6. The molecule has 4 heteroatoms. The molecule has 0 saturated heterocycles. The molecule has 1 aromatic heterocycles. The van der Waals surface area contributed by atoms with E-state index in [1.165, 1.54) is 22.2 Å². The van der Waals surface area contributed by atoms with Gasteiger partial charge in [-0.25, -0.2) is 0 Å². The van der Waals surface area contributed by atoms with Gasteiger partial charge in [-0.2, -0.15) is 0 Å². The Morgan fingerprint density at radius 1 is 1.60 bits per heavy atom. The predicted octanol–water partition coefficient (Wildman–Crippen LogP) is 2.82. The molecule has 2 atom stereocenters. The number of thiophene rings is 1. The molecule has 1 aliphatic carbocycles. The summed E-state index contributed by atoms with van der Waals surface area (Å²) in [5.74, 6) is 0. The Kier molecular flexibility index (Phi) is 3.83. The van der Waals surface area contributed by atoms with Gasteiger partial charge in [-0.05, 0) is 59.2 Å². The molecule has 1 aliphatic rings. The van der Waals surface area contributed by atoms with E-state index in [0.29, 0.717) is 12.1 Å². The van der Waals surface area contributed by atoms with Crippen molar-refractivity contribution in [3.8, 4) is 0 Å². The topological polar surface area (TPSA) is 29.3 Å². The maximum atomic E-state index is 5.93. The van der Waals surface area contributed by atoms with E-state index < -0.39 is 0 Å². The summed E-state index contributed by atoms with van der Waals surface area (Å²) in [5, 5.41) is 2.22. The van der Waals surface area contributed by atoms with Crippen molar-refractivity contribution in [2.75, 3.05) is 7.05 Å². The standard InChI is InChI=1S/C11H17BrN2S/c1-14(10-3-2-9(13)5-10)6-8-4-11(12)15-7-8/h4,7,9-10H,2-3,5-6,13H2,1H3. The van der Waals surface area contributed by atoms with Crippen molar-refractivity contribution in [1.82, 2.24) is 4.90 Å². The van der Waals surface area contributed by atoms with Gasteiger partial charge in [0.2, 0.25) is 0 Å². The fourth-order valence-corrected chi connectivity index (χ4v) is 3.44. The van der Waals surface area contributed by atoms with Crippen LogP contribution in [0.5, 0.6) is 0 Å². The normalized spacial score (nSPS) is 26.4. The van der Waals surface area contributed by atoms with Gasteiger partial charge in [0, 0.05) is 18.6 Å². The van der Waals surface area contributed by atoms with E-state index in [0.717, 1.165) is 13.0 Å². The highest BCUT2D eigenvalue weighted by Gasteiger charge is 2.24. The molecule has 2 rings (SSSR count). The van der Waals surface area contributed by atoms with Gasteiger partial charge >= 0.3 is 0 Å². The largest absolute Gasteiger partial charge is 0.328 e. The van der Waals surface area contributed by atoms with Crippen LogP contribution in [0.25, 0.3) is 0 Å². The molecule has 1 aromatic rings. The molecule has 0 aliphatic heterocycles. The van der Waals surface area contributed by atoms with E-state index in [1.807, 2.05) is 0 Å². The first-order chi connectivity index (χ1) is 7.15. The average Bonchev–Trinajstić information content (AvgIpc) is 2.75. The van der Waals surface area contributed by atoms with E-state index in [-0.39, 0.29) is 0 Å². The van der Waals surface area contributed by atoms with Crippen molar-refractivity contribution >= 4 is 27.3 Å². The molecular formula is C11H17BrN2S. The Hall–Kier alpha value is 0.1000. The Labute approximate surface area is 104 Å². The first-order valence-corrected chi connectivity index (χ1v) is 7.01. The molecule has 2 N–H and O–H groups in total. The van der Waals surface area contributed by atoms with Crippen molar-refractivity contribution in [3.05, 3.63) is 20.8 Å². The Bertz CT molecular complexity index is 326. The highest BCUT2D eigenvalue weighted by molar-refractivity contribution is 9.11. The maximum absolute atomic E-state index is 5.93. The van der Waals surface area contributed by atoms with Crippen LogP contribution in [-0.2, 0) is 6.54 Å². The lowest BCUT2D eigenvalue weighted by Crippen LogP contribution is -2.30. The average molecular weight is 289 g/mol. The number of nitrogens with two attached hydrogens (primary N) is 1. The van der Waals surface area contributed by atoms with E-state index in [4.69, 9.17) is 5.73 Å². The van der Waals surface area contributed by atoms with Crippen LogP contribution in [0.3, 0.4) is 0 Å². The first-order valence-electron chi connectivity index (χ1n) is 5.34. The van der Waals surface area contributed by atoms with Gasteiger partial charge in [0.15, 0.2) is 0 Å². The lowest BCUT2D eigenvalue weighted by Gasteiger charge is -2.23. The van der Waals surface area contributed by atoms with E-state index >= 15 is 0 Å². The zero-order valence-electron chi connectivity index (χ0n) is 8.95. The van der Waals surface area contributed by atoms with Gasteiger partial charge in [-0.15, -0.1) is 11.3 Å². The second kappa shape index (κ2) is 4.95. The molecule has 1 heterocycles. The summed E-state index contributed by atoms with van der Waals surface area (Å²) in [4.78, 5) is 2.43. The molecule has 0 amide bonds. The van der Waals surface area contributed by atoms with Crippen LogP contribution in [0, 0.1) is 0 Å². The van der Waals surface area contributed by atoms with Gasteiger partial charge in [0.05, 0.1) is 3.79 Å². The molecule has 15 heavy (non-hydrogen) atoms. The summed E-state index contributed by atoms with van der Waals surface area (Å²) in [6, 6.07) is 3.31. The molecule has 0 aromatic carbocycles. The predicted molar refractivity (Wildman–Crippen MR) is 69.1 cm³/mol. The van der Waals surface area contributed by atoms with Crippen molar-refractivity contribution in [2.45, 2.75) is 37.9 Å². The van der Waals surface area contributed by atoms with E-state index in [9.17, 15) is 0 Å². The van der Waals surface area contributed by atoms with Crippen molar-refractivity contribution in [1.29, 1.82) is 0 Å². The number of halogens is 1. The lowest BCUT2D eigenvalue weighted by molar-refractivity contribution is 0.236. The van der Waals surface area contributed by atoms with Crippen LogP contribution < -0.4 is 5.73 Å². The second-order valence-electron chi connectivity index (χ2n) is 4.40. The van der Waals surface area contributed by atoms with E-state index in [2.05, 4.69) is 39.3 Å². The maximum Gasteiger partial charge on any atom is 0.0701 e. The summed E-state index contributed by atoms with van der Waals surface area (Å²) in [6.45, 7) is 1.04. The fourth-order valence-electron chi connectivity index (χ4n) is 2.24. The molecule has 0 spiro atoms. The number of nitrogens with zero attached hydrogens (tertiary/aromatic N) is 1. The summed E-state index contributed by atoms with van der Waals surface area (Å²) in [7, 11) is 2.20. The number of rotatable bonds is 3. The summed E-state index contributed by atoms with van der Waals surface area (Å²) < 4.78 is 1.22. The second-order valence-corrected chi connectivity index (χ2v) is 6.69. The minimum atomic E-state index is 0.423. The minimum absolute atomic E-state index is 0.423. The highest BCUT2D eigenvalue weighted by atomic mass is 79.9. The van der Waals surface area contributed by atoms with Crippen LogP contribution in [0.2, 0.25) is 0 Å². The SMILES string of the molecule is CN(Cc1csc(Br)c1)C1CCC(N)C1. The minimum Gasteiger partial charge on any atom is -0.328 e. The van der Waals surface area contributed by atoms with E-state index in [1.54, 1.807) is 11.3 Å².